The average molecular weight is 469 g/mol. The molecular formula is C27H28N6O2. The van der Waals surface area contributed by atoms with E-state index in [0.29, 0.717) is 11.4 Å². The fourth-order valence-corrected chi connectivity index (χ4v) is 5.32. The lowest BCUT2D eigenvalue weighted by Gasteiger charge is -2.55. The summed E-state index contributed by atoms with van der Waals surface area (Å²) in [4.78, 5) is 26.2. The number of ether oxygens (including phenoxy) is 1. The van der Waals surface area contributed by atoms with Crippen LogP contribution in [0, 0.1) is 5.41 Å². The maximum atomic E-state index is 12.7. The molecule has 8 nitrogen and oxygen atoms in total. The van der Waals surface area contributed by atoms with Crippen molar-refractivity contribution >= 4 is 22.5 Å². The first-order chi connectivity index (χ1) is 17.0. The van der Waals surface area contributed by atoms with Crippen LogP contribution in [0.5, 0.6) is 5.88 Å². The number of anilines is 1. The van der Waals surface area contributed by atoms with E-state index in [9.17, 15) is 4.79 Å². The van der Waals surface area contributed by atoms with Crippen LogP contribution in [0.15, 0.2) is 61.2 Å². The Morgan fingerprint density at radius 2 is 1.83 bits per heavy atom. The van der Waals surface area contributed by atoms with E-state index in [-0.39, 0.29) is 11.3 Å². The first-order valence-corrected chi connectivity index (χ1v) is 12.0. The summed E-state index contributed by atoms with van der Waals surface area (Å²) in [5.41, 5.74) is 5.24. The zero-order valence-electron chi connectivity index (χ0n) is 20.0. The molecule has 0 bridgehead atoms. The third kappa shape index (κ3) is 3.99. The minimum atomic E-state index is 0.0880. The highest BCUT2D eigenvalue weighted by Gasteiger charge is 2.45. The number of nitrogens with zero attached hydrogens (tertiary/aromatic N) is 6. The zero-order chi connectivity index (χ0) is 24.0. The first-order valence-electron chi connectivity index (χ1n) is 12.0. The van der Waals surface area contributed by atoms with Gasteiger partial charge in [0.05, 0.1) is 36.3 Å². The number of aryl methyl sites for hydroxylation is 1. The van der Waals surface area contributed by atoms with Crippen molar-refractivity contribution in [1.82, 2.24) is 24.6 Å². The molecule has 2 aliphatic heterocycles. The Labute approximate surface area is 204 Å². The molecule has 6 rings (SSSR count). The number of aromatic nitrogens is 4. The van der Waals surface area contributed by atoms with Gasteiger partial charge in [0.1, 0.15) is 0 Å². The molecule has 0 unspecified atom stereocenters. The van der Waals surface area contributed by atoms with Crippen LogP contribution >= 0.6 is 0 Å². The Hall–Kier alpha value is -3.94. The number of rotatable bonds is 4. The molecule has 1 amide bonds. The van der Waals surface area contributed by atoms with Crippen molar-refractivity contribution in [2.75, 3.05) is 38.2 Å². The van der Waals surface area contributed by atoms with Crippen molar-refractivity contribution < 1.29 is 9.53 Å². The minimum absolute atomic E-state index is 0.0880. The van der Waals surface area contributed by atoms with Gasteiger partial charge in [0.2, 0.25) is 5.88 Å². The van der Waals surface area contributed by atoms with Gasteiger partial charge in [-0.15, -0.1) is 0 Å². The van der Waals surface area contributed by atoms with E-state index in [1.54, 1.807) is 24.2 Å². The van der Waals surface area contributed by atoms with Gasteiger partial charge in [0, 0.05) is 68.1 Å². The third-order valence-corrected chi connectivity index (χ3v) is 7.41. The largest absolute Gasteiger partial charge is 0.481 e. The molecule has 1 spiro atoms. The predicted octanol–water partition coefficient (Wildman–Crippen LogP) is 3.78. The van der Waals surface area contributed by atoms with Gasteiger partial charge in [0.15, 0.2) is 0 Å². The smallest absolute Gasteiger partial charge is 0.257 e. The molecule has 35 heavy (non-hydrogen) atoms. The summed E-state index contributed by atoms with van der Waals surface area (Å²) in [5.74, 6) is 0.706. The van der Waals surface area contributed by atoms with Crippen LogP contribution in [0.2, 0.25) is 0 Å². The second-order valence-electron chi connectivity index (χ2n) is 9.74. The summed E-state index contributed by atoms with van der Waals surface area (Å²) < 4.78 is 6.91. The van der Waals surface area contributed by atoms with Crippen LogP contribution in [0.25, 0.3) is 22.0 Å². The Morgan fingerprint density at radius 3 is 2.57 bits per heavy atom. The number of methoxy groups -OCH3 is 1. The molecule has 2 saturated heterocycles. The molecule has 5 heterocycles. The number of piperidine rings is 1. The van der Waals surface area contributed by atoms with Crippen LogP contribution in [0.3, 0.4) is 0 Å². The van der Waals surface area contributed by atoms with Crippen LogP contribution in [0.1, 0.15) is 23.2 Å². The summed E-state index contributed by atoms with van der Waals surface area (Å²) in [7, 11) is 3.47. The molecular weight excluding hydrogens is 440 g/mol. The first kappa shape index (κ1) is 21.6. The van der Waals surface area contributed by atoms with E-state index in [2.05, 4.69) is 38.2 Å². The average Bonchev–Trinajstić information content (AvgIpc) is 3.32. The molecule has 0 saturated carbocycles. The third-order valence-electron chi connectivity index (χ3n) is 7.41. The summed E-state index contributed by atoms with van der Waals surface area (Å²) >= 11 is 0. The molecule has 2 aliphatic rings. The molecule has 4 aromatic rings. The fraction of sp³-hybridized carbons (Fsp3) is 0.333. The van der Waals surface area contributed by atoms with Gasteiger partial charge in [-0.1, -0.05) is 6.07 Å². The molecule has 3 aromatic heterocycles. The molecule has 0 aliphatic carbocycles. The number of hydrogen-bond donors (Lipinski definition) is 0. The second kappa shape index (κ2) is 8.37. The number of likely N-dealkylation sites (tertiary alicyclic amines) is 1. The molecule has 178 valence electrons. The van der Waals surface area contributed by atoms with Gasteiger partial charge >= 0.3 is 0 Å². The highest BCUT2D eigenvalue weighted by atomic mass is 16.5. The Morgan fingerprint density at radius 1 is 1.00 bits per heavy atom. The van der Waals surface area contributed by atoms with Crippen LogP contribution < -0.4 is 9.64 Å². The highest BCUT2D eigenvalue weighted by Crippen LogP contribution is 2.43. The predicted molar refractivity (Wildman–Crippen MR) is 135 cm³/mol. The molecule has 0 atom stereocenters. The van der Waals surface area contributed by atoms with Crippen molar-refractivity contribution in [2.24, 2.45) is 12.5 Å². The van der Waals surface area contributed by atoms with Gasteiger partial charge in [-0.2, -0.15) is 5.10 Å². The Balaban J connectivity index is 1.12. The lowest BCUT2D eigenvalue weighted by Crippen LogP contribution is -2.61. The minimum Gasteiger partial charge on any atom is -0.481 e. The van der Waals surface area contributed by atoms with Crippen molar-refractivity contribution in [3.05, 3.63) is 66.7 Å². The number of carbonyl (C=O) groups excluding carboxylic acids is 1. The van der Waals surface area contributed by atoms with E-state index in [0.717, 1.165) is 66.7 Å². The number of fused-ring (bicyclic) bond motifs is 1. The maximum absolute atomic E-state index is 12.7. The van der Waals surface area contributed by atoms with Crippen LogP contribution in [0.4, 0.5) is 5.69 Å². The Kier molecular flexibility index (Phi) is 5.16. The quantitative estimate of drug-likeness (QED) is 0.454. The molecule has 2 fully saturated rings. The standard InChI is InChI=1S/C27H28N6O2/c1-31-16-22(14-29-31)26(34)32-9-7-27(8-10-32)17-33(18-27)23-12-21(13-28-15-23)19-3-5-24-20(11-19)4-6-25(30-24)35-2/h3-6,11-16H,7-10,17-18H2,1-2H3. The van der Waals surface area contributed by atoms with Crippen molar-refractivity contribution in [3.8, 4) is 17.0 Å². The number of benzene rings is 1. The van der Waals surface area contributed by atoms with Crippen LogP contribution in [-0.2, 0) is 7.05 Å². The number of amides is 1. The van der Waals surface area contributed by atoms with Crippen molar-refractivity contribution in [2.45, 2.75) is 12.8 Å². The number of hydrogen-bond acceptors (Lipinski definition) is 6. The summed E-state index contributed by atoms with van der Waals surface area (Å²) in [6, 6.07) is 12.4. The molecule has 1 aromatic carbocycles. The van der Waals surface area contributed by atoms with Gasteiger partial charge in [-0.25, -0.2) is 4.98 Å². The number of pyridine rings is 2. The van der Waals surface area contributed by atoms with Gasteiger partial charge in [-0.05, 0) is 42.7 Å². The number of carbonyl (C=O) groups is 1. The molecule has 0 N–H and O–H groups in total. The summed E-state index contributed by atoms with van der Waals surface area (Å²) in [6.07, 6.45) is 9.37. The van der Waals surface area contributed by atoms with Gasteiger partial charge in [0.25, 0.3) is 5.91 Å². The maximum Gasteiger partial charge on any atom is 0.257 e. The SMILES string of the molecule is COc1ccc2cc(-c3cncc(N4CC5(CCN(C(=O)c6cnn(C)c6)CC5)C4)c3)ccc2n1. The highest BCUT2D eigenvalue weighted by molar-refractivity contribution is 5.93. The Bertz CT molecular complexity index is 1400. The van der Waals surface area contributed by atoms with E-state index < -0.39 is 0 Å². The van der Waals surface area contributed by atoms with E-state index >= 15 is 0 Å². The lowest BCUT2D eigenvalue weighted by molar-refractivity contribution is 0.0502. The second-order valence-corrected chi connectivity index (χ2v) is 9.74. The lowest BCUT2D eigenvalue weighted by atomic mass is 9.71. The molecule has 0 radical (unpaired) electrons. The van der Waals surface area contributed by atoms with Crippen molar-refractivity contribution in [1.29, 1.82) is 0 Å². The zero-order valence-corrected chi connectivity index (χ0v) is 20.0. The molecule has 8 heteroatoms. The fourth-order valence-electron chi connectivity index (χ4n) is 5.32. The van der Waals surface area contributed by atoms with Gasteiger partial charge < -0.3 is 14.5 Å². The normalized spacial score (nSPS) is 17.0. The van der Waals surface area contributed by atoms with Crippen LogP contribution in [-0.4, -0.2) is 63.8 Å². The van der Waals surface area contributed by atoms with E-state index in [1.165, 1.54) is 0 Å². The monoisotopic (exact) mass is 468 g/mol. The van der Waals surface area contributed by atoms with Crippen molar-refractivity contribution in [3.63, 3.8) is 0 Å². The summed E-state index contributed by atoms with van der Waals surface area (Å²) in [5, 5.41) is 5.20. The summed E-state index contributed by atoms with van der Waals surface area (Å²) in [6.45, 7) is 3.62. The van der Waals surface area contributed by atoms with E-state index in [1.807, 2.05) is 42.5 Å². The van der Waals surface area contributed by atoms with E-state index in [4.69, 9.17) is 4.74 Å². The van der Waals surface area contributed by atoms with Gasteiger partial charge in [-0.3, -0.25) is 14.5 Å². The topological polar surface area (TPSA) is 76.4 Å².